The number of piperidine rings is 1. The minimum Gasteiger partial charge on any atom is -0.393 e. The standard InChI is InChI=1S/C15H21N3O2S/c16-15(21)11-2-1-3-12(10-11)17-14(20)6-9-18-7-4-13(19)5-8-18/h1-3,10,13,19H,4-9H2,(H2,16,21)(H,17,20). The second-order valence-electron chi connectivity index (χ2n) is 5.32. The van der Waals surface area contributed by atoms with Gasteiger partial charge in [0.05, 0.1) is 6.10 Å². The molecule has 4 N–H and O–H groups in total. The Morgan fingerprint density at radius 1 is 1.43 bits per heavy atom. The average Bonchev–Trinajstić information content (AvgIpc) is 2.47. The van der Waals surface area contributed by atoms with Gasteiger partial charge >= 0.3 is 0 Å². The average molecular weight is 307 g/mol. The molecule has 0 saturated carbocycles. The Morgan fingerprint density at radius 3 is 2.81 bits per heavy atom. The molecule has 0 unspecified atom stereocenters. The van der Waals surface area contributed by atoms with Gasteiger partial charge in [-0.1, -0.05) is 24.4 Å². The zero-order chi connectivity index (χ0) is 15.2. The summed E-state index contributed by atoms with van der Waals surface area (Å²) in [5.41, 5.74) is 7.02. The molecule has 0 aromatic heterocycles. The lowest BCUT2D eigenvalue weighted by Crippen LogP contribution is -2.37. The number of aliphatic hydroxyl groups is 1. The predicted molar refractivity (Wildman–Crippen MR) is 87.3 cm³/mol. The molecular weight excluding hydrogens is 286 g/mol. The molecule has 1 heterocycles. The van der Waals surface area contributed by atoms with E-state index in [0.717, 1.165) is 31.5 Å². The van der Waals surface area contributed by atoms with Crippen LogP contribution in [-0.4, -0.2) is 46.6 Å². The summed E-state index contributed by atoms with van der Waals surface area (Å²) >= 11 is 4.92. The van der Waals surface area contributed by atoms with Crippen LogP contribution >= 0.6 is 12.2 Å². The van der Waals surface area contributed by atoms with Crippen LogP contribution < -0.4 is 11.1 Å². The summed E-state index contributed by atoms with van der Waals surface area (Å²) in [5, 5.41) is 12.3. The maximum Gasteiger partial charge on any atom is 0.225 e. The number of carbonyl (C=O) groups is 1. The van der Waals surface area contributed by atoms with Gasteiger partial charge in [-0.3, -0.25) is 4.79 Å². The number of benzene rings is 1. The molecule has 2 rings (SSSR count). The van der Waals surface area contributed by atoms with Gasteiger partial charge in [0.15, 0.2) is 0 Å². The first-order valence-corrected chi connectivity index (χ1v) is 7.55. The fraction of sp³-hybridized carbons (Fsp3) is 0.467. The Balaban J connectivity index is 1.79. The van der Waals surface area contributed by atoms with Crippen LogP contribution in [0.5, 0.6) is 0 Å². The highest BCUT2D eigenvalue weighted by atomic mass is 32.1. The van der Waals surface area contributed by atoms with Crippen LogP contribution in [0.4, 0.5) is 5.69 Å². The fourth-order valence-corrected chi connectivity index (χ4v) is 2.50. The van der Waals surface area contributed by atoms with Gasteiger partial charge in [-0.25, -0.2) is 0 Å². The molecular formula is C15H21N3O2S. The van der Waals surface area contributed by atoms with E-state index < -0.39 is 0 Å². The third-order valence-electron chi connectivity index (χ3n) is 3.64. The third kappa shape index (κ3) is 5.08. The zero-order valence-electron chi connectivity index (χ0n) is 11.9. The van der Waals surface area contributed by atoms with Gasteiger partial charge in [-0.15, -0.1) is 0 Å². The van der Waals surface area contributed by atoms with Crippen LogP contribution in [0.1, 0.15) is 24.8 Å². The molecule has 0 bridgehead atoms. The van der Waals surface area contributed by atoms with E-state index in [1.165, 1.54) is 0 Å². The lowest BCUT2D eigenvalue weighted by atomic mass is 10.1. The van der Waals surface area contributed by atoms with E-state index in [9.17, 15) is 9.90 Å². The number of aliphatic hydroxyl groups excluding tert-OH is 1. The van der Waals surface area contributed by atoms with Gasteiger partial charge in [0.1, 0.15) is 4.99 Å². The minimum atomic E-state index is -0.182. The molecule has 0 spiro atoms. The first kappa shape index (κ1) is 15.9. The molecule has 1 amide bonds. The molecule has 0 atom stereocenters. The quantitative estimate of drug-likeness (QED) is 0.710. The zero-order valence-corrected chi connectivity index (χ0v) is 12.7. The normalized spacial score (nSPS) is 16.6. The SMILES string of the molecule is NC(=S)c1cccc(NC(=O)CCN2CCC(O)CC2)c1. The lowest BCUT2D eigenvalue weighted by Gasteiger charge is -2.29. The molecule has 6 heteroatoms. The number of thiocarbonyl (C=S) groups is 1. The summed E-state index contributed by atoms with van der Waals surface area (Å²) in [6.07, 6.45) is 1.83. The van der Waals surface area contributed by atoms with E-state index in [-0.39, 0.29) is 12.0 Å². The summed E-state index contributed by atoms with van der Waals surface area (Å²) in [4.78, 5) is 14.5. The highest BCUT2D eigenvalue weighted by molar-refractivity contribution is 7.80. The molecule has 1 aliphatic heterocycles. The van der Waals surface area contributed by atoms with E-state index in [1.54, 1.807) is 6.07 Å². The van der Waals surface area contributed by atoms with Gasteiger partial charge in [0, 0.05) is 37.3 Å². The van der Waals surface area contributed by atoms with Crippen LogP contribution in [-0.2, 0) is 4.79 Å². The molecule has 1 saturated heterocycles. The van der Waals surface area contributed by atoms with Gasteiger partial charge in [0.2, 0.25) is 5.91 Å². The first-order valence-electron chi connectivity index (χ1n) is 7.15. The highest BCUT2D eigenvalue weighted by Gasteiger charge is 2.17. The molecule has 1 aliphatic rings. The van der Waals surface area contributed by atoms with Crippen LogP contribution in [0, 0.1) is 0 Å². The predicted octanol–water partition coefficient (Wildman–Crippen LogP) is 1.11. The molecule has 114 valence electrons. The van der Waals surface area contributed by atoms with Gasteiger partial charge in [0.25, 0.3) is 0 Å². The molecule has 5 nitrogen and oxygen atoms in total. The van der Waals surface area contributed by atoms with Crippen molar-refractivity contribution < 1.29 is 9.90 Å². The largest absolute Gasteiger partial charge is 0.393 e. The number of amides is 1. The molecule has 0 aliphatic carbocycles. The maximum atomic E-state index is 11.9. The molecule has 1 aromatic rings. The van der Waals surface area contributed by atoms with Crippen molar-refractivity contribution in [3.05, 3.63) is 29.8 Å². The van der Waals surface area contributed by atoms with E-state index >= 15 is 0 Å². The summed E-state index contributed by atoms with van der Waals surface area (Å²) in [6.45, 7) is 2.42. The highest BCUT2D eigenvalue weighted by Crippen LogP contribution is 2.12. The van der Waals surface area contributed by atoms with Crippen LogP contribution in [0.3, 0.4) is 0 Å². The smallest absolute Gasteiger partial charge is 0.225 e. The monoisotopic (exact) mass is 307 g/mol. The number of anilines is 1. The van der Waals surface area contributed by atoms with Crippen molar-refractivity contribution in [3.63, 3.8) is 0 Å². The Labute approximate surface area is 130 Å². The van der Waals surface area contributed by atoms with Crippen molar-refractivity contribution in [1.82, 2.24) is 4.90 Å². The Morgan fingerprint density at radius 2 is 2.14 bits per heavy atom. The first-order chi connectivity index (χ1) is 10.0. The number of hydrogen-bond acceptors (Lipinski definition) is 4. The lowest BCUT2D eigenvalue weighted by molar-refractivity contribution is -0.116. The van der Waals surface area contributed by atoms with Gasteiger partial charge in [-0.05, 0) is 25.0 Å². The van der Waals surface area contributed by atoms with Crippen LogP contribution in [0.15, 0.2) is 24.3 Å². The summed E-state index contributed by atoms with van der Waals surface area (Å²) in [6, 6.07) is 7.22. The van der Waals surface area contributed by atoms with Crippen molar-refractivity contribution in [2.45, 2.75) is 25.4 Å². The minimum absolute atomic E-state index is 0.0267. The van der Waals surface area contributed by atoms with Crippen molar-refractivity contribution in [1.29, 1.82) is 0 Å². The van der Waals surface area contributed by atoms with Crippen molar-refractivity contribution in [2.75, 3.05) is 25.0 Å². The van der Waals surface area contributed by atoms with Crippen LogP contribution in [0.2, 0.25) is 0 Å². The molecule has 1 aromatic carbocycles. The fourth-order valence-electron chi connectivity index (χ4n) is 2.38. The number of nitrogens with zero attached hydrogens (tertiary/aromatic N) is 1. The Hall–Kier alpha value is -1.50. The summed E-state index contributed by atoms with van der Waals surface area (Å²) < 4.78 is 0. The topological polar surface area (TPSA) is 78.6 Å². The molecule has 21 heavy (non-hydrogen) atoms. The third-order valence-corrected chi connectivity index (χ3v) is 3.88. The van der Waals surface area contributed by atoms with E-state index in [0.29, 0.717) is 23.6 Å². The van der Waals surface area contributed by atoms with Gasteiger partial charge in [-0.2, -0.15) is 0 Å². The van der Waals surface area contributed by atoms with E-state index in [1.807, 2.05) is 18.2 Å². The number of nitrogens with one attached hydrogen (secondary N) is 1. The van der Waals surface area contributed by atoms with E-state index in [2.05, 4.69) is 10.2 Å². The number of carbonyl (C=O) groups excluding carboxylic acids is 1. The second kappa shape index (κ2) is 7.49. The summed E-state index contributed by atoms with van der Waals surface area (Å²) in [7, 11) is 0. The maximum absolute atomic E-state index is 11.9. The Kier molecular flexibility index (Phi) is 5.67. The number of nitrogens with two attached hydrogens (primary N) is 1. The summed E-state index contributed by atoms with van der Waals surface area (Å²) in [5.74, 6) is -0.0267. The number of likely N-dealkylation sites (tertiary alicyclic amines) is 1. The number of hydrogen-bond donors (Lipinski definition) is 3. The van der Waals surface area contributed by atoms with Crippen LogP contribution in [0.25, 0.3) is 0 Å². The van der Waals surface area contributed by atoms with Crippen molar-refractivity contribution in [2.24, 2.45) is 5.73 Å². The molecule has 1 fully saturated rings. The number of rotatable bonds is 5. The second-order valence-corrected chi connectivity index (χ2v) is 5.76. The molecule has 0 radical (unpaired) electrons. The van der Waals surface area contributed by atoms with Gasteiger partial charge < -0.3 is 21.1 Å². The Bertz CT molecular complexity index is 513. The van der Waals surface area contributed by atoms with Crippen molar-refractivity contribution in [3.8, 4) is 0 Å². The van der Waals surface area contributed by atoms with Crippen molar-refractivity contribution >= 4 is 28.8 Å². The van der Waals surface area contributed by atoms with E-state index in [4.69, 9.17) is 18.0 Å².